The lowest BCUT2D eigenvalue weighted by molar-refractivity contribution is -0.384. The van der Waals surface area contributed by atoms with Crippen molar-refractivity contribution in [2.24, 2.45) is 0 Å². The summed E-state index contributed by atoms with van der Waals surface area (Å²) in [5, 5.41) is 10.7. The largest absolute Gasteiger partial charge is 0.487 e. The Morgan fingerprint density at radius 2 is 2.00 bits per heavy atom. The first kappa shape index (κ1) is 14.0. The van der Waals surface area contributed by atoms with Crippen molar-refractivity contribution in [3.63, 3.8) is 0 Å². The van der Waals surface area contributed by atoms with Gasteiger partial charge in [0.2, 0.25) is 0 Å². The Morgan fingerprint density at radius 3 is 2.70 bits per heavy atom. The zero-order valence-corrected chi connectivity index (χ0v) is 11.4. The van der Waals surface area contributed by atoms with E-state index in [-0.39, 0.29) is 5.69 Å². The van der Waals surface area contributed by atoms with Crippen molar-refractivity contribution in [3.8, 4) is 5.75 Å². The lowest BCUT2D eigenvalue weighted by Crippen LogP contribution is -2.01. The SMILES string of the molecule is CC(C)c1cccc(COc2cccc([N+](=O)[O-])c2)n1. The summed E-state index contributed by atoms with van der Waals surface area (Å²) < 4.78 is 5.55. The Bertz CT molecular complexity index is 612. The highest BCUT2D eigenvalue weighted by atomic mass is 16.6. The zero-order chi connectivity index (χ0) is 14.5. The molecule has 2 rings (SSSR count). The third kappa shape index (κ3) is 3.54. The Hall–Kier alpha value is -2.43. The highest BCUT2D eigenvalue weighted by molar-refractivity contribution is 5.38. The highest BCUT2D eigenvalue weighted by Crippen LogP contribution is 2.20. The third-order valence-electron chi connectivity index (χ3n) is 2.83. The molecule has 0 radical (unpaired) electrons. The first-order valence-corrected chi connectivity index (χ1v) is 6.39. The van der Waals surface area contributed by atoms with Gasteiger partial charge < -0.3 is 4.74 Å². The summed E-state index contributed by atoms with van der Waals surface area (Å²) in [6, 6.07) is 11.9. The van der Waals surface area contributed by atoms with E-state index in [4.69, 9.17) is 4.74 Å². The summed E-state index contributed by atoms with van der Waals surface area (Å²) in [5.74, 6) is 0.823. The molecule has 0 fully saturated rings. The number of benzene rings is 1. The van der Waals surface area contributed by atoms with Crippen molar-refractivity contribution in [2.75, 3.05) is 0 Å². The van der Waals surface area contributed by atoms with Crippen LogP contribution in [0.15, 0.2) is 42.5 Å². The van der Waals surface area contributed by atoms with Gasteiger partial charge in [-0.15, -0.1) is 0 Å². The van der Waals surface area contributed by atoms with E-state index in [1.807, 2.05) is 18.2 Å². The van der Waals surface area contributed by atoms with Crippen LogP contribution < -0.4 is 4.74 Å². The standard InChI is InChI=1S/C15H16N2O3/c1-11(2)15-8-3-5-12(16-15)10-20-14-7-4-6-13(9-14)17(18)19/h3-9,11H,10H2,1-2H3. The van der Waals surface area contributed by atoms with Crippen molar-refractivity contribution in [2.45, 2.75) is 26.4 Å². The maximum atomic E-state index is 10.7. The molecule has 0 aliphatic rings. The van der Waals surface area contributed by atoms with Crippen LogP contribution in [-0.2, 0) is 6.61 Å². The number of hydrogen-bond acceptors (Lipinski definition) is 4. The van der Waals surface area contributed by atoms with Gasteiger partial charge in [0.25, 0.3) is 5.69 Å². The molecule has 1 aromatic carbocycles. The van der Waals surface area contributed by atoms with Crippen molar-refractivity contribution >= 4 is 5.69 Å². The second-order valence-corrected chi connectivity index (χ2v) is 4.75. The van der Waals surface area contributed by atoms with Crippen LogP contribution in [0.25, 0.3) is 0 Å². The van der Waals surface area contributed by atoms with E-state index in [2.05, 4.69) is 18.8 Å². The summed E-state index contributed by atoms with van der Waals surface area (Å²) in [5.41, 5.74) is 1.83. The molecule has 2 aromatic rings. The third-order valence-corrected chi connectivity index (χ3v) is 2.83. The van der Waals surface area contributed by atoms with Crippen LogP contribution in [0.5, 0.6) is 5.75 Å². The maximum Gasteiger partial charge on any atom is 0.273 e. The monoisotopic (exact) mass is 272 g/mol. The van der Waals surface area contributed by atoms with Crippen LogP contribution in [0, 0.1) is 10.1 Å². The van der Waals surface area contributed by atoms with E-state index in [1.54, 1.807) is 12.1 Å². The molecule has 0 aliphatic carbocycles. The van der Waals surface area contributed by atoms with Gasteiger partial charge in [-0.05, 0) is 24.1 Å². The minimum Gasteiger partial charge on any atom is -0.487 e. The molecule has 0 bridgehead atoms. The van der Waals surface area contributed by atoms with Gasteiger partial charge in [-0.25, -0.2) is 0 Å². The summed E-state index contributed by atoms with van der Waals surface area (Å²) in [6.07, 6.45) is 0. The van der Waals surface area contributed by atoms with Gasteiger partial charge in [0.05, 0.1) is 16.7 Å². The Morgan fingerprint density at radius 1 is 1.25 bits per heavy atom. The molecule has 0 spiro atoms. The number of pyridine rings is 1. The van der Waals surface area contributed by atoms with Crippen molar-refractivity contribution in [1.82, 2.24) is 4.98 Å². The Balaban J connectivity index is 2.07. The lowest BCUT2D eigenvalue weighted by atomic mass is 10.1. The van der Waals surface area contributed by atoms with Gasteiger partial charge in [-0.3, -0.25) is 15.1 Å². The summed E-state index contributed by atoms with van der Waals surface area (Å²) in [6.45, 7) is 4.45. The van der Waals surface area contributed by atoms with E-state index in [0.29, 0.717) is 18.3 Å². The minimum absolute atomic E-state index is 0.0198. The normalized spacial score (nSPS) is 10.6. The van der Waals surface area contributed by atoms with Crippen LogP contribution in [0.2, 0.25) is 0 Å². The number of nitrogens with zero attached hydrogens (tertiary/aromatic N) is 2. The van der Waals surface area contributed by atoms with Gasteiger partial charge in [-0.1, -0.05) is 26.0 Å². The smallest absolute Gasteiger partial charge is 0.273 e. The molecule has 0 atom stereocenters. The van der Waals surface area contributed by atoms with Crippen LogP contribution >= 0.6 is 0 Å². The molecule has 0 saturated heterocycles. The molecule has 1 heterocycles. The number of aromatic nitrogens is 1. The van der Waals surface area contributed by atoms with Crippen molar-refractivity contribution < 1.29 is 9.66 Å². The maximum absolute atomic E-state index is 10.7. The predicted octanol–water partition coefficient (Wildman–Crippen LogP) is 3.69. The molecule has 0 aliphatic heterocycles. The van der Waals surface area contributed by atoms with Gasteiger partial charge in [-0.2, -0.15) is 0 Å². The van der Waals surface area contributed by atoms with Gasteiger partial charge in [0.1, 0.15) is 12.4 Å². The molecule has 20 heavy (non-hydrogen) atoms. The molecular formula is C15H16N2O3. The van der Waals surface area contributed by atoms with Crippen LogP contribution in [0.3, 0.4) is 0 Å². The first-order valence-electron chi connectivity index (χ1n) is 6.39. The van der Waals surface area contributed by atoms with Gasteiger partial charge in [0.15, 0.2) is 0 Å². The quantitative estimate of drug-likeness (QED) is 0.615. The Labute approximate surface area is 117 Å². The van der Waals surface area contributed by atoms with Crippen LogP contribution in [0.4, 0.5) is 5.69 Å². The summed E-state index contributed by atoms with van der Waals surface area (Å²) in [4.78, 5) is 14.7. The topological polar surface area (TPSA) is 65.3 Å². The molecule has 1 aromatic heterocycles. The number of ether oxygens (including phenoxy) is 1. The number of nitro groups is 1. The highest BCUT2D eigenvalue weighted by Gasteiger charge is 2.07. The molecule has 5 heteroatoms. The molecular weight excluding hydrogens is 256 g/mol. The molecule has 0 saturated carbocycles. The van der Waals surface area contributed by atoms with E-state index < -0.39 is 4.92 Å². The fraction of sp³-hybridized carbons (Fsp3) is 0.267. The number of non-ortho nitro benzene ring substituents is 1. The fourth-order valence-electron chi connectivity index (χ4n) is 1.74. The van der Waals surface area contributed by atoms with Crippen molar-refractivity contribution in [3.05, 3.63) is 64.0 Å². The van der Waals surface area contributed by atoms with E-state index in [0.717, 1.165) is 11.4 Å². The van der Waals surface area contributed by atoms with Crippen molar-refractivity contribution in [1.29, 1.82) is 0 Å². The summed E-state index contributed by atoms with van der Waals surface area (Å²) in [7, 11) is 0. The molecule has 104 valence electrons. The fourth-order valence-corrected chi connectivity index (χ4v) is 1.74. The molecule has 0 unspecified atom stereocenters. The minimum atomic E-state index is -0.440. The zero-order valence-electron chi connectivity index (χ0n) is 11.4. The second-order valence-electron chi connectivity index (χ2n) is 4.75. The molecule has 0 N–H and O–H groups in total. The van der Waals surface area contributed by atoms with E-state index >= 15 is 0 Å². The number of rotatable bonds is 5. The van der Waals surface area contributed by atoms with E-state index in [1.165, 1.54) is 12.1 Å². The summed E-state index contributed by atoms with van der Waals surface area (Å²) >= 11 is 0. The average molecular weight is 272 g/mol. The first-order chi connectivity index (χ1) is 9.56. The number of nitro benzene ring substituents is 1. The average Bonchev–Trinajstić information content (AvgIpc) is 2.45. The van der Waals surface area contributed by atoms with E-state index in [9.17, 15) is 10.1 Å². The Kier molecular flexibility index (Phi) is 4.30. The second kappa shape index (κ2) is 6.14. The predicted molar refractivity (Wildman–Crippen MR) is 75.8 cm³/mol. The van der Waals surface area contributed by atoms with Crippen LogP contribution in [-0.4, -0.2) is 9.91 Å². The lowest BCUT2D eigenvalue weighted by Gasteiger charge is -2.08. The van der Waals surface area contributed by atoms with Gasteiger partial charge >= 0.3 is 0 Å². The molecule has 0 amide bonds. The van der Waals surface area contributed by atoms with Crippen LogP contribution in [0.1, 0.15) is 31.2 Å². The van der Waals surface area contributed by atoms with Gasteiger partial charge in [0, 0.05) is 11.8 Å². The number of hydrogen-bond donors (Lipinski definition) is 0. The molecule has 5 nitrogen and oxygen atoms in total.